The standard InChI is InChI=1S/C20H25N3O2/c1-15(2)25-19-8-6-17(7-9-19)22-18-12-16(13-21-14-18)20(24)23-10-4-3-5-11-23/h6-9,12-15,22H,3-5,10-11H2,1-2H3. The van der Waals surface area contributed by atoms with Crippen LogP contribution in [0.4, 0.5) is 11.4 Å². The van der Waals surface area contributed by atoms with Crippen LogP contribution in [0.1, 0.15) is 43.5 Å². The molecule has 2 aromatic rings. The minimum absolute atomic E-state index is 0.0662. The monoisotopic (exact) mass is 339 g/mol. The van der Waals surface area contributed by atoms with E-state index in [0.717, 1.165) is 43.1 Å². The van der Waals surface area contributed by atoms with E-state index < -0.39 is 0 Å². The Hall–Kier alpha value is -2.56. The number of benzene rings is 1. The number of ether oxygens (including phenoxy) is 1. The van der Waals surface area contributed by atoms with Crippen LogP contribution in [0.25, 0.3) is 0 Å². The molecule has 1 aromatic carbocycles. The van der Waals surface area contributed by atoms with Crippen LogP contribution in [0.5, 0.6) is 5.75 Å². The molecule has 0 unspecified atom stereocenters. The molecule has 3 rings (SSSR count). The van der Waals surface area contributed by atoms with Gasteiger partial charge in [0.2, 0.25) is 0 Å². The van der Waals surface area contributed by atoms with Crippen LogP contribution in [0.2, 0.25) is 0 Å². The van der Waals surface area contributed by atoms with E-state index in [1.54, 1.807) is 12.4 Å². The number of nitrogens with one attached hydrogen (secondary N) is 1. The minimum Gasteiger partial charge on any atom is -0.491 e. The summed E-state index contributed by atoms with van der Waals surface area (Å²) in [4.78, 5) is 18.7. The summed E-state index contributed by atoms with van der Waals surface area (Å²) < 4.78 is 5.65. The molecule has 132 valence electrons. The molecule has 1 aromatic heterocycles. The van der Waals surface area contributed by atoms with Crippen molar-refractivity contribution < 1.29 is 9.53 Å². The van der Waals surface area contributed by atoms with Crippen molar-refractivity contribution in [1.82, 2.24) is 9.88 Å². The molecule has 0 saturated carbocycles. The third-order valence-electron chi connectivity index (χ3n) is 4.14. The average Bonchev–Trinajstić information content (AvgIpc) is 2.63. The van der Waals surface area contributed by atoms with Gasteiger partial charge < -0.3 is 15.0 Å². The molecule has 1 fully saturated rings. The van der Waals surface area contributed by atoms with E-state index >= 15 is 0 Å². The fourth-order valence-corrected chi connectivity index (χ4v) is 2.96. The molecule has 0 atom stereocenters. The summed E-state index contributed by atoms with van der Waals surface area (Å²) in [5, 5.41) is 3.29. The Labute approximate surface area is 149 Å². The van der Waals surface area contributed by atoms with Crippen LogP contribution in [0, 0.1) is 0 Å². The summed E-state index contributed by atoms with van der Waals surface area (Å²) in [7, 11) is 0. The van der Waals surface area contributed by atoms with Gasteiger partial charge in [-0.3, -0.25) is 9.78 Å². The molecule has 1 aliphatic heterocycles. The summed E-state index contributed by atoms with van der Waals surface area (Å²) in [5.41, 5.74) is 2.37. The van der Waals surface area contributed by atoms with Crippen LogP contribution >= 0.6 is 0 Å². The Morgan fingerprint density at radius 1 is 1.08 bits per heavy atom. The van der Waals surface area contributed by atoms with Crippen LogP contribution in [0.3, 0.4) is 0 Å². The molecule has 1 saturated heterocycles. The van der Waals surface area contributed by atoms with Crippen molar-refractivity contribution in [2.75, 3.05) is 18.4 Å². The smallest absolute Gasteiger partial charge is 0.255 e. The van der Waals surface area contributed by atoms with Gasteiger partial charge in [0, 0.05) is 25.0 Å². The van der Waals surface area contributed by atoms with Gasteiger partial charge in [0.15, 0.2) is 0 Å². The first-order valence-electron chi connectivity index (χ1n) is 8.90. The third kappa shape index (κ3) is 4.72. The van der Waals surface area contributed by atoms with Gasteiger partial charge in [-0.2, -0.15) is 0 Å². The summed E-state index contributed by atoms with van der Waals surface area (Å²) in [5.74, 6) is 0.907. The van der Waals surface area contributed by atoms with Crippen LogP contribution in [-0.4, -0.2) is 35.0 Å². The van der Waals surface area contributed by atoms with Crippen LogP contribution in [0.15, 0.2) is 42.7 Å². The van der Waals surface area contributed by atoms with E-state index in [2.05, 4.69) is 10.3 Å². The van der Waals surface area contributed by atoms with E-state index in [9.17, 15) is 4.79 Å². The summed E-state index contributed by atoms with van der Waals surface area (Å²) in [6.45, 7) is 5.69. The zero-order valence-corrected chi connectivity index (χ0v) is 14.9. The van der Waals surface area contributed by atoms with Crippen molar-refractivity contribution in [3.63, 3.8) is 0 Å². The molecule has 1 aliphatic rings. The van der Waals surface area contributed by atoms with Crippen LogP contribution < -0.4 is 10.1 Å². The van der Waals surface area contributed by atoms with Crippen molar-refractivity contribution in [3.8, 4) is 5.75 Å². The van der Waals surface area contributed by atoms with Gasteiger partial charge in [-0.15, -0.1) is 0 Å². The lowest BCUT2D eigenvalue weighted by Crippen LogP contribution is -2.35. The predicted octanol–water partition coefficient (Wildman–Crippen LogP) is 4.24. The molecular formula is C20H25N3O2. The molecule has 0 aliphatic carbocycles. The lowest BCUT2D eigenvalue weighted by molar-refractivity contribution is 0.0724. The maximum atomic E-state index is 12.6. The van der Waals surface area contributed by atoms with Gasteiger partial charge in [-0.05, 0) is 63.4 Å². The highest BCUT2D eigenvalue weighted by Crippen LogP contribution is 2.22. The predicted molar refractivity (Wildman–Crippen MR) is 99.5 cm³/mol. The molecule has 2 heterocycles. The summed E-state index contributed by atoms with van der Waals surface area (Å²) >= 11 is 0. The van der Waals surface area contributed by atoms with Gasteiger partial charge in [-0.1, -0.05) is 0 Å². The highest BCUT2D eigenvalue weighted by molar-refractivity contribution is 5.95. The molecule has 1 N–H and O–H groups in total. The highest BCUT2D eigenvalue weighted by Gasteiger charge is 2.18. The largest absolute Gasteiger partial charge is 0.491 e. The molecular weight excluding hydrogens is 314 g/mol. The Balaban J connectivity index is 1.68. The second kappa shape index (κ2) is 8.01. The van der Waals surface area contributed by atoms with Crippen molar-refractivity contribution in [3.05, 3.63) is 48.3 Å². The van der Waals surface area contributed by atoms with E-state index in [1.165, 1.54) is 6.42 Å². The number of pyridine rings is 1. The molecule has 1 amide bonds. The number of likely N-dealkylation sites (tertiary alicyclic amines) is 1. The highest BCUT2D eigenvalue weighted by atomic mass is 16.5. The number of carbonyl (C=O) groups excluding carboxylic acids is 1. The Kier molecular flexibility index (Phi) is 5.53. The number of hydrogen-bond donors (Lipinski definition) is 1. The van der Waals surface area contributed by atoms with Crippen molar-refractivity contribution >= 4 is 17.3 Å². The van der Waals surface area contributed by atoms with Crippen LogP contribution in [-0.2, 0) is 0 Å². The topological polar surface area (TPSA) is 54.5 Å². The molecule has 0 spiro atoms. The average molecular weight is 339 g/mol. The molecule has 25 heavy (non-hydrogen) atoms. The fourth-order valence-electron chi connectivity index (χ4n) is 2.96. The van der Waals surface area contributed by atoms with Gasteiger partial charge >= 0.3 is 0 Å². The zero-order chi connectivity index (χ0) is 17.6. The number of rotatable bonds is 5. The summed E-state index contributed by atoms with van der Waals surface area (Å²) in [6.07, 6.45) is 6.90. The second-order valence-electron chi connectivity index (χ2n) is 6.63. The first-order chi connectivity index (χ1) is 12.1. The van der Waals surface area contributed by atoms with Crippen molar-refractivity contribution in [2.24, 2.45) is 0 Å². The fraction of sp³-hybridized carbons (Fsp3) is 0.400. The van der Waals surface area contributed by atoms with Crippen molar-refractivity contribution in [2.45, 2.75) is 39.2 Å². The lowest BCUT2D eigenvalue weighted by atomic mass is 10.1. The number of aromatic nitrogens is 1. The first-order valence-corrected chi connectivity index (χ1v) is 8.90. The molecule has 0 radical (unpaired) electrons. The van der Waals surface area contributed by atoms with E-state index in [0.29, 0.717) is 5.56 Å². The summed E-state index contributed by atoms with van der Waals surface area (Å²) in [6, 6.07) is 9.63. The molecule has 5 nitrogen and oxygen atoms in total. The van der Waals surface area contributed by atoms with E-state index in [-0.39, 0.29) is 12.0 Å². The second-order valence-corrected chi connectivity index (χ2v) is 6.63. The number of nitrogens with zero attached hydrogens (tertiary/aromatic N) is 2. The lowest BCUT2D eigenvalue weighted by Gasteiger charge is -2.26. The van der Waals surface area contributed by atoms with Crippen molar-refractivity contribution in [1.29, 1.82) is 0 Å². The zero-order valence-electron chi connectivity index (χ0n) is 14.9. The number of piperidine rings is 1. The number of hydrogen-bond acceptors (Lipinski definition) is 4. The number of carbonyl (C=O) groups is 1. The SMILES string of the molecule is CC(C)Oc1ccc(Nc2cncc(C(=O)N3CCCCC3)c2)cc1. The van der Waals surface area contributed by atoms with Gasteiger partial charge in [0.25, 0.3) is 5.91 Å². The third-order valence-corrected chi connectivity index (χ3v) is 4.14. The maximum absolute atomic E-state index is 12.6. The Bertz CT molecular complexity index is 707. The number of amides is 1. The Morgan fingerprint density at radius 2 is 1.80 bits per heavy atom. The van der Waals surface area contributed by atoms with E-state index in [1.807, 2.05) is 49.1 Å². The van der Waals surface area contributed by atoms with E-state index in [4.69, 9.17) is 4.74 Å². The maximum Gasteiger partial charge on any atom is 0.255 e. The van der Waals surface area contributed by atoms with Gasteiger partial charge in [0.05, 0.1) is 23.6 Å². The van der Waals surface area contributed by atoms with Gasteiger partial charge in [-0.25, -0.2) is 0 Å². The quantitative estimate of drug-likeness (QED) is 0.885. The number of anilines is 2. The normalized spacial score (nSPS) is 14.4. The first kappa shape index (κ1) is 17.3. The van der Waals surface area contributed by atoms with Gasteiger partial charge in [0.1, 0.15) is 5.75 Å². The Morgan fingerprint density at radius 3 is 2.48 bits per heavy atom. The molecule has 5 heteroatoms. The molecule has 0 bridgehead atoms. The minimum atomic E-state index is 0.0662.